The summed E-state index contributed by atoms with van der Waals surface area (Å²) >= 11 is 0. The lowest BCUT2D eigenvalue weighted by atomic mass is 9.82. The summed E-state index contributed by atoms with van der Waals surface area (Å²) in [6, 6.07) is 23.0. The first kappa shape index (κ1) is 25.6. The number of furan rings is 1. The molecule has 2 atom stereocenters. The summed E-state index contributed by atoms with van der Waals surface area (Å²) in [6.45, 7) is 0. The topological polar surface area (TPSA) is 79.5 Å². The number of methoxy groups -OCH3 is 5. The molecule has 5 aromatic rings. The summed E-state index contributed by atoms with van der Waals surface area (Å²) in [7, 11) is 8.13. The minimum atomic E-state index is -0.949. The van der Waals surface area contributed by atoms with Crippen molar-refractivity contribution >= 4 is 11.0 Å². The predicted molar refractivity (Wildman–Crippen MR) is 153 cm³/mol. The van der Waals surface area contributed by atoms with E-state index >= 15 is 0 Å². The smallest absolute Gasteiger partial charge is 0.143 e. The van der Waals surface area contributed by atoms with Crippen LogP contribution in [-0.4, -0.2) is 40.7 Å². The Bertz CT molecular complexity index is 1680. The molecule has 204 valence electrons. The van der Waals surface area contributed by atoms with Crippen LogP contribution < -0.4 is 23.7 Å². The largest absolute Gasteiger partial charge is 0.497 e. The van der Waals surface area contributed by atoms with Gasteiger partial charge in [-0.05, 0) is 65.2 Å². The third-order valence-corrected chi connectivity index (χ3v) is 7.64. The molecule has 1 heterocycles. The van der Waals surface area contributed by atoms with E-state index in [0.29, 0.717) is 34.2 Å². The molecular formula is C33H30O7. The number of rotatable bonds is 7. The van der Waals surface area contributed by atoms with E-state index < -0.39 is 12.0 Å². The van der Waals surface area contributed by atoms with Crippen LogP contribution in [-0.2, 0) is 0 Å². The minimum Gasteiger partial charge on any atom is -0.497 e. The highest BCUT2D eigenvalue weighted by atomic mass is 16.5. The van der Waals surface area contributed by atoms with Gasteiger partial charge in [0.15, 0.2) is 0 Å². The normalized spacial score (nSPS) is 15.8. The summed E-state index contributed by atoms with van der Waals surface area (Å²) < 4.78 is 34.7. The van der Waals surface area contributed by atoms with Crippen LogP contribution in [0.25, 0.3) is 33.4 Å². The van der Waals surface area contributed by atoms with Crippen LogP contribution in [0.3, 0.4) is 0 Å². The van der Waals surface area contributed by atoms with Crippen molar-refractivity contribution in [2.45, 2.75) is 12.0 Å². The van der Waals surface area contributed by atoms with E-state index in [2.05, 4.69) is 0 Å². The first-order valence-electron chi connectivity index (χ1n) is 12.9. The van der Waals surface area contributed by atoms with Gasteiger partial charge in [0.25, 0.3) is 0 Å². The van der Waals surface area contributed by atoms with E-state index in [1.807, 2.05) is 72.8 Å². The van der Waals surface area contributed by atoms with E-state index in [-0.39, 0.29) is 0 Å². The molecule has 0 saturated carbocycles. The molecule has 4 aromatic carbocycles. The van der Waals surface area contributed by atoms with Crippen molar-refractivity contribution < 1.29 is 33.2 Å². The van der Waals surface area contributed by atoms with Crippen LogP contribution >= 0.6 is 0 Å². The fraction of sp³-hybridized carbons (Fsp3) is 0.212. The first-order chi connectivity index (χ1) is 19.5. The Morgan fingerprint density at radius 1 is 0.650 bits per heavy atom. The summed E-state index contributed by atoms with van der Waals surface area (Å²) in [4.78, 5) is 0. The van der Waals surface area contributed by atoms with Gasteiger partial charge in [-0.1, -0.05) is 12.1 Å². The Labute approximate surface area is 232 Å². The summed E-state index contributed by atoms with van der Waals surface area (Å²) in [5.74, 6) is 3.48. The number of hydrogen-bond donors (Lipinski definition) is 1. The zero-order chi connectivity index (χ0) is 28.0. The fourth-order valence-corrected chi connectivity index (χ4v) is 5.70. The maximum atomic E-state index is 12.2. The third-order valence-electron chi connectivity index (χ3n) is 7.64. The van der Waals surface area contributed by atoms with Crippen LogP contribution in [0.2, 0.25) is 0 Å². The Balaban J connectivity index is 1.74. The highest BCUT2D eigenvalue weighted by molar-refractivity contribution is 6.06. The maximum absolute atomic E-state index is 12.2. The van der Waals surface area contributed by atoms with Crippen LogP contribution in [0.4, 0.5) is 0 Å². The highest BCUT2D eigenvalue weighted by Gasteiger charge is 2.38. The molecule has 7 nitrogen and oxygen atoms in total. The monoisotopic (exact) mass is 538 g/mol. The lowest BCUT2D eigenvalue weighted by Crippen LogP contribution is -2.14. The standard InChI is InChI=1S/C33H30O7/c1-35-20-10-6-18(7-11-20)28-29-24(14-22(37-3)16-26(29)39-5)31-30-25(32(28)34)15-23(38-4)17-27(30)40-33(31)19-8-12-21(36-2)13-9-19/h6-17,28,32,34H,1-5H3. The number of benzene rings is 4. The Morgan fingerprint density at radius 3 is 1.85 bits per heavy atom. The third kappa shape index (κ3) is 4.01. The Morgan fingerprint density at radius 2 is 1.25 bits per heavy atom. The van der Waals surface area contributed by atoms with E-state index in [1.165, 1.54) is 0 Å². The van der Waals surface area contributed by atoms with E-state index in [4.69, 9.17) is 28.1 Å². The molecule has 0 bridgehead atoms. The molecule has 2 unspecified atom stereocenters. The molecule has 0 amide bonds. The lowest BCUT2D eigenvalue weighted by Gasteiger charge is -2.27. The molecule has 1 aliphatic rings. The van der Waals surface area contributed by atoms with Crippen molar-refractivity contribution in [3.8, 4) is 51.2 Å². The summed E-state index contributed by atoms with van der Waals surface area (Å²) in [6.07, 6.45) is -0.949. The molecule has 0 fully saturated rings. The van der Waals surface area contributed by atoms with Gasteiger partial charge < -0.3 is 33.2 Å². The quantitative estimate of drug-likeness (QED) is 0.239. The number of ether oxygens (including phenoxy) is 5. The summed E-state index contributed by atoms with van der Waals surface area (Å²) in [5, 5.41) is 13.0. The molecule has 1 N–H and O–H groups in total. The second-order valence-electron chi connectivity index (χ2n) is 9.61. The van der Waals surface area contributed by atoms with Gasteiger partial charge in [-0.2, -0.15) is 0 Å². The van der Waals surface area contributed by atoms with Crippen LogP contribution in [0.1, 0.15) is 28.7 Å². The first-order valence-corrected chi connectivity index (χ1v) is 12.9. The van der Waals surface area contributed by atoms with E-state index in [9.17, 15) is 5.11 Å². The van der Waals surface area contributed by atoms with Crippen molar-refractivity contribution in [1.29, 1.82) is 0 Å². The Hall–Kier alpha value is -4.62. The zero-order valence-electron chi connectivity index (χ0n) is 23.0. The SMILES string of the molecule is COc1ccc(-c2oc3cc(OC)cc4c3c2-c2cc(OC)cc(OC)c2C(c2ccc(OC)cc2)C4O)cc1. The van der Waals surface area contributed by atoms with Crippen LogP contribution in [0.15, 0.2) is 77.2 Å². The molecular weight excluding hydrogens is 508 g/mol. The molecule has 6 rings (SSSR count). The van der Waals surface area contributed by atoms with Crippen LogP contribution in [0, 0.1) is 0 Å². The zero-order valence-corrected chi connectivity index (χ0v) is 23.0. The average molecular weight is 539 g/mol. The van der Waals surface area contributed by atoms with Crippen molar-refractivity contribution in [3.05, 3.63) is 89.5 Å². The Kier molecular flexibility index (Phi) is 6.52. The molecule has 7 heteroatoms. The van der Waals surface area contributed by atoms with Gasteiger partial charge in [0, 0.05) is 40.1 Å². The molecule has 0 spiro atoms. The van der Waals surface area contributed by atoms with Crippen molar-refractivity contribution in [2.75, 3.05) is 35.5 Å². The molecule has 40 heavy (non-hydrogen) atoms. The maximum Gasteiger partial charge on any atom is 0.143 e. The number of aliphatic hydroxyl groups excluding tert-OH is 1. The number of aliphatic hydroxyl groups is 1. The molecule has 0 radical (unpaired) electrons. The lowest BCUT2D eigenvalue weighted by molar-refractivity contribution is 0.159. The predicted octanol–water partition coefficient (Wildman–Crippen LogP) is 6.99. The number of fused-ring (bicyclic) bond motifs is 2. The van der Waals surface area contributed by atoms with Crippen molar-refractivity contribution in [2.24, 2.45) is 0 Å². The molecule has 0 aliphatic heterocycles. The molecule has 1 aromatic heterocycles. The van der Waals surface area contributed by atoms with Gasteiger partial charge >= 0.3 is 0 Å². The molecule has 1 aliphatic carbocycles. The minimum absolute atomic E-state index is 0.479. The van der Waals surface area contributed by atoms with Gasteiger partial charge in [-0.3, -0.25) is 0 Å². The highest BCUT2D eigenvalue weighted by Crippen LogP contribution is 2.56. The van der Waals surface area contributed by atoms with Gasteiger partial charge in [0.05, 0.1) is 41.7 Å². The van der Waals surface area contributed by atoms with Gasteiger partial charge in [-0.25, -0.2) is 0 Å². The average Bonchev–Trinajstić information content (AvgIpc) is 3.35. The van der Waals surface area contributed by atoms with Crippen LogP contribution in [0.5, 0.6) is 28.7 Å². The van der Waals surface area contributed by atoms with Gasteiger partial charge in [-0.15, -0.1) is 0 Å². The molecule has 0 saturated heterocycles. The van der Waals surface area contributed by atoms with Crippen molar-refractivity contribution in [1.82, 2.24) is 0 Å². The fourth-order valence-electron chi connectivity index (χ4n) is 5.70. The van der Waals surface area contributed by atoms with E-state index in [1.54, 1.807) is 35.5 Å². The second-order valence-corrected chi connectivity index (χ2v) is 9.61. The second kappa shape index (κ2) is 10.2. The van der Waals surface area contributed by atoms with Gasteiger partial charge in [0.1, 0.15) is 40.1 Å². The van der Waals surface area contributed by atoms with Crippen molar-refractivity contribution in [3.63, 3.8) is 0 Å². The summed E-state index contributed by atoms with van der Waals surface area (Å²) in [5.41, 5.74) is 5.60. The number of hydrogen-bond acceptors (Lipinski definition) is 7. The van der Waals surface area contributed by atoms with E-state index in [0.717, 1.165) is 44.7 Å². The van der Waals surface area contributed by atoms with Gasteiger partial charge in [0.2, 0.25) is 0 Å².